The lowest BCUT2D eigenvalue weighted by Gasteiger charge is -2.12. The van der Waals surface area contributed by atoms with Gasteiger partial charge in [-0.3, -0.25) is 0 Å². The van der Waals surface area contributed by atoms with Crippen LogP contribution in [0.25, 0.3) is 11.1 Å². The first-order valence-electron chi connectivity index (χ1n) is 6.01. The number of allylic oxidation sites excluding steroid dienone is 1. The van der Waals surface area contributed by atoms with Crippen molar-refractivity contribution in [1.82, 2.24) is 0 Å². The van der Waals surface area contributed by atoms with E-state index in [1.54, 1.807) is 30.3 Å². The van der Waals surface area contributed by atoms with Crippen LogP contribution in [0.4, 0.5) is 5.69 Å². The monoisotopic (exact) mass is 339 g/mol. The number of benzene rings is 2. The van der Waals surface area contributed by atoms with Gasteiger partial charge in [0.1, 0.15) is 23.5 Å². The third kappa shape index (κ3) is 3.22. The predicted molar refractivity (Wildman–Crippen MR) is 84.2 cm³/mol. The Morgan fingerprint density at radius 3 is 2.38 bits per heavy atom. The fourth-order valence-electron chi connectivity index (χ4n) is 1.83. The zero-order valence-electron chi connectivity index (χ0n) is 10.8. The lowest BCUT2D eigenvalue weighted by molar-refractivity contribution is 0.477. The van der Waals surface area contributed by atoms with Crippen LogP contribution in [-0.4, -0.2) is 5.11 Å². The molecule has 102 valence electrons. The molecule has 0 saturated carbocycles. The van der Waals surface area contributed by atoms with Crippen molar-refractivity contribution in [2.24, 2.45) is 0 Å². The number of halogens is 1. The number of anilines is 1. The third-order valence-electron chi connectivity index (χ3n) is 2.81. The van der Waals surface area contributed by atoms with Gasteiger partial charge >= 0.3 is 0 Å². The summed E-state index contributed by atoms with van der Waals surface area (Å²) in [4.78, 5) is 0. The molecule has 0 spiro atoms. The molecule has 5 heteroatoms. The maximum Gasteiger partial charge on any atom is 0.145 e. The molecule has 2 aromatic carbocycles. The van der Waals surface area contributed by atoms with Crippen molar-refractivity contribution < 1.29 is 5.11 Å². The Labute approximate surface area is 130 Å². The minimum Gasteiger partial charge on any atom is -0.507 e. The van der Waals surface area contributed by atoms with Gasteiger partial charge in [-0.25, -0.2) is 0 Å². The Kier molecular flexibility index (Phi) is 4.61. The number of hydrogen-bond donors (Lipinski definition) is 2. The number of nitrogens with one attached hydrogen (secondary N) is 1. The third-order valence-corrected chi connectivity index (χ3v) is 3.47. The van der Waals surface area contributed by atoms with Crippen molar-refractivity contribution >= 4 is 21.6 Å². The number of phenolic OH excluding ortho intramolecular Hbond substituents is 1. The van der Waals surface area contributed by atoms with E-state index < -0.39 is 0 Å². The van der Waals surface area contributed by atoms with Gasteiger partial charge in [-0.1, -0.05) is 30.3 Å². The highest BCUT2D eigenvalue weighted by Gasteiger charge is 2.11. The molecule has 0 radical (unpaired) electrons. The zero-order valence-corrected chi connectivity index (χ0v) is 12.4. The predicted octanol–water partition coefficient (Wildman–Crippen LogP) is 4.16. The fourth-order valence-corrected chi connectivity index (χ4v) is 2.31. The second-order valence-corrected chi connectivity index (χ2v) is 4.96. The average Bonchev–Trinajstić information content (AvgIpc) is 2.50. The van der Waals surface area contributed by atoms with Gasteiger partial charge in [0.2, 0.25) is 0 Å². The van der Waals surface area contributed by atoms with E-state index in [9.17, 15) is 5.11 Å². The Balaban J connectivity index is 2.53. The standard InChI is InChI=1S/C16H10BrN3O/c17-14-6-3-5-13(12-4-1-2-7-15(12)21)16(14)20-10-11(8-18)9-19/h1-7,10,20-21H. The van der Waals surface area contributed by atoms with Crippen LogP contribution in [0.1, 0.15) is 0 Å². The summed E-state index contributed by atoms with van der Waals surface area (Å²) < 4.78 is 0.759. The van der Waals surface area contributed by atoms with Crippen LogP contribution < -0.4 is 5.32 Å². The number of aromatic hydroxyl groups is 1. The smallest absolute Gasteiger partial charge is 0.145 e. The molecule has 0 saturated heterocycles. The number of nitriles is 2. The van der Waals surface area contributed by atoms with Crippen LogP contribution >= 0.6 is 15.9 Å². The van der Waals surface area contributed by atoms with E-state index in [0.717, 1.165) is 10.0 Å². The van der Waals surface area contributed by atoms with E-state index in [1.165, 1.54) is 6.20 Å². The van der Waals surface area contributed by atoms with Crippen molar-refractivity contribution in [3.8, 4) is 29.0 Å². The Morgan fingerprint density at radius 1 is 1.05 bits per heavy atom. The summed E-state index contributed by atoms with van der Waals surface area (Å²) in [7, 11) is 0. The topological polar surface area (TPSA) is 79.8 Å². The highest BCUT2D eigenvalue weighted by Crippen LogP contribution is 2.38. The Hall–Kier alpha value is -2.76. The number of phenols is 1. The van der Waals surface area contributed by atoms with E-state index in [4.69, 9.17) is 10.5 Å². The number of hydrogen-bond acceptors (Lipinski definition) is 4. The second-order valence-electron chi connectivity index (χ2n) is 4.11. The van der Waals surface area contributed by atoms with Crippen molar-refractivity contribution in [1.29, 1.82) is 10.5 Å². The van der Waals surface area contributed by atoms with E-state index in [-0.39, 0.29) is 11.3 Å². The van der Waals surface area contributed by atoms with Crippen LogP contribution in [0, 0.1) is 22.7 Å². The molecule has 0 aromatic heterocycles. The normalized spacial score (nSPS) is 9.29. The van der Waals surface area contributed by atoms with Crippen LogP contribution in [0.5, 0.6) is 5.75 Å². The van der Waals surface area contributed by atoms with Gasteiger partial charge in [-0.2, -0.15) is 10.5 Å². The first-order valence-corrected chi connectivity index (χ1v) is 6.80. The number of nitrogens with zero attached hydrogens (tertiary/aromatic N) is 2. The molecule has 2 rings (SSSR count). The van der Waals surface area contributed by atoms with E-state index in [0.29, 0.717) is 11.3 Å². The lowest BCUT2D eigenvalue weighted by atomic mass is 10.0. The summed E-state index contributed by atoms with van der Waals surface area (Å²) >= 11 is 3.42. The zero-order chi connectivity index (χ0) is 15.2. The van der Waals surface area contributed by atoms with E-state index in [1.807, 2.05) is 24.3 Å². The highest BCUT2D eigenvalue weighted by atomic mass is 79.9. The summed E-state index contributed by atoms with van der Waals surface area (Å²) in [5.74, 6) is 0.156. The molecule has 0 unspecified atom stereocenters. The Morgan fingerprint density at radius 2 is 1.71 bits per heavy atom. The fraction of sp³-hybridized carbons (Fsp3) is 0. The van der Waals surface area contributed by atoms with Gasteiger partial charge < -0.3 is 10.4 Å². The quantitative estimate of drug-likeness (QED) is 0.822. The molecule has 0 fully saturated rings. The molecule has 2 N–H and O–H groups in total. The van der Waals surface area contributed by atoms with Crippen molar-refractivity contribution in [3.05, 3.63) is 58.7 Å². The van der Waals surface area contributed by atoms with Crippen LogP contribution in [0.3, 0.4) is 0 Å². The van der Waals surface area contributed by atoms with Crippen LogP contribution in [-0.2, 0) is 0 Å². The summed E-state index contributed by atoms with van der Waals surface area (Å²) in [6.07, 6.45) is 1.34. The first-order chi connectivity index (χ1) is 10.2. The number of rotatable bonds is 3. The van der Waals surface area contributed by atoms with Gasteiger partial charge in [-0.15, -0.1) is 0 Å². The summed E-state index contributed by atoms with van der Waals surface area (Å²) in [6.45, 7) is 0. The molecule has 4 nitrogen and oxygen atoms in total. The lowest BCUT2D eigenvalue weighted by Crippen LogP contribution is -1.94. The maximum atomic E-state index is 9.99. The van der Waals surface area contributed by atoms with Crippen molar-refractivity contribution in [3.63, 3.8) is 0 Å². The summed E-state index contributed by atoms with van der Waals surface area (Å²) in [6, 6.07) is 16.1. The molecule has 0 aliphatic carbocycles. The highest BCUT2D eigenvalue weighted by molar-refractivity contribution is 9.10. The number of para-hydroxylation sites is 2. The van der Waals surface area contributed by atoms with Crippen molar-refractivity contribution in [2.75, 3.05) is 5.32 Å². The molecule has 0 amide bonds. The minimum atomic E-state index is -0.0333. The molecular formula is C16H10BrN3O. The molecule has 0 aliphatic rings. The molecule has 0 heterocycles. The van der Waals surface area contributed by atoms with Gasteiger partial charge in [0.05, 0.1) is 5.69 Å². The molecule has 0 atom stereocenters. The van der Waals surface area contributed by atoms with E-state index >= 15 is 0 Å². The summed E-state index contributed by atoms with van der Waals surface area (Å²) in [5, 5.41) is 30.5. The average molecular weight is 340 g/mol. The van der Waals surface area contributed by atoms with Crippen LogP contribution in [0.15, 0.2) is 58.7 Å². The molecule has 0 aliphatic heterocycles. The maximum absolute atomic E-state index is 9.99. The SMILES string of the molecule is N#CC(C#N)=CNc1c(Br)cccc1-c1ccccc1O. The minimum absolute atomic E-state index is 0.0333. The van der Waals surface area contributed by atoms with Crippen LogP contribution in [0.2, 0.25) is 0 Å². The van der Waals surface area contributed by atoms with Gasteiger partial charge in [0, 0.05) is 21.8 Å². The van der Waals surface area contributed by atoms with Crippen molar-refractivity contribution in [2.45, 2.75) is 0 Å². The van der Waals surface area contributed by atoms with E-state index in [2.05, 4.69) is 21.2 Å². The molecule has 0 bridgehead atoms. The van der Waals surface area contributed by atoms with Gasteiger partial charge in [0.15, 0.2) is 0 Å². The Bertz CT molecular complexity index is 769. The molecule has 2 aromatic rings. The van der Waals surface area contributed by atoms with Gasteiger partial charge in [0.25, 0.3) is 0 Å². The first kappa shape index (κ1) is 14.6. The van der Waals surface area contributed by atoms with Gasteiger partial charge in [-0.05, 0) is 28.1 Å². The largest absolute Gasteiger partial charge is 0.507 e. The summed E-state index contributed by atoms with van der Waals surface area (Å²) in [5.41, 5.74) is 2.05. The molecule has 21 heavy (non-hydrogen) atoms. The molecular weight excluding hydrogens is 330 g/mol. The second kappa shape index (κ2) is 6.60.